The summed E-state index contributed by atoms with van der Waals surface area (Å²) in [6, 6.07) is 22.9. The molecule has 9 rings (SSSR count). The van der Waals surface area contributed by atoms with E-state index >= 15 is 0 Å². The zero-order chi connectivity index (χ0) is 62.8. The number of carbonyl (C=O) groups excluding carboxylic acids is 10. The summed E-state index contributed by atoms with van der Waals surface area (Å²) in [4.78, 5) is 139. The summed E-state index contributed by atoms with van der Waals surface area (Å²) in [5.74, 6) is -3.44. The number of halogens is 2. The van der Waals surface area contributed by atoms with Crippen molar-refractivity contribution in [3.8, 4) is 0 Å². The van der Waals surface area contributed by atoms with E-state index in [1.54, 1.807) is 63.3 Å². The van der Waals surface area contributed by atoms with E-state index in [0.717, 1.165) is 51.9 Å². The number of nitrogens with two attached hydrogens (primary N) is 1. The molecule has 5 aromatic rings. The van der Waals surface area contributed by atoms with Crippen molar-refractivity contribution in [3.63, 3.8) is 0 Å². The van der Waals surface area contributed by atoms with Crippen LogP contribution in [0.1, 0.15) is 146 Å². The summed E-state index contributed by atoms with van der Waals surface area (Å²) >= 11 is 13.1. The maximum atomic E-state index is 14.3. The van der Waals surface area contributed by atoms with Crippen LogP contribution in [0.2, 0.25) is 0 Å². The largest absolute Gasteiger partial charge is 0.355 e. The third-order valence-corrected chi connectivity index (χ3v) is 18.2. The number of Topliss-reactive ketones (excluding diaryl/α,β-unsaturated/α-hetero) is 4. The molecule has 1 fully saturated rings. The molecule has 88 heavy (non-hydrogen) atoms. The van der Waals surface area contributed by atoms with Crippen molar-refractivity contribution in [2.24, 2.45) is 17.1 Å². The Hall–Kier alpha value is -8.54. The third-order valence-electron chi connectivity index (χ3n) is 17.5. The second-order valence-corrected chi connectivity index (χ2v) is 23.8. The van der Waals surface area contributed by atoms with Gasteiger partial charge < -0.3 is 36.4 Å². The number of hydrogen-bond donors (Lipinski definition) is 4. The number of allylic oxidation sites excluding steroid dienone is 1. The van der Waals surface area contributed by atoms with Gasteiger partial charge in [-0.05, 0) is 133 Å². The molecular formula is C69H73Cl2N7O10. The number of nitrogens with zero attached hydrogens (tertiary/aromatic N) is 3. The van der Waals surface area contributed by atoms with Crippen LogP contribution in [0.5, 0.6) is 0 Å². The van der Waals surface area contributed by atoms with E-state index in [2.05, 4.69) is 22.5 Å². The summed E-state index contributed by atoms with van der Waals surface area (Å²) in [5, 5.41) is 11.5. The molecule has 5 N–H and O–H groups in total. The van der Waals surface area contributed by atoms with Gasteiger partial charge in [-0.15, -0.1) is 23.2 Å². The maximum Gasteiger partial charge on any atom is 0.312 e. The summed E-state index contributed by atoms with van der Waals surface area (Å²) in [7, 11) is 0. The molecule has 0 spiro atoms. The number of benzene rings is 5. The molecule has 3 aliphatic heterocycles. The zero-order valence-corrected chi connectivity index (χ0v) is 51.1. The highest BCUT2D eigenvalue weighted by molar-refractivity contribution is 6.21. The van der Waals surface area contributed by atoms with Gasteiger partial charge in [0.15, 0.2) is 11.6 Å². The molecule has 5 aromatic carbocycles. The molecule has 0 aromatic heterocycles. The molecule has 1 aliphatic carbocycles. The number of hydrogen-bond acceptors (Lipinski definition) is 10. The highest BCUT2D eigenvalue weighted by atomic mass is 35.5. The Labute approximate surface area is 521 Å². The number of urea groups is 1. The Kier molecular flexibility index (Phi) is 20.7. The van der Waals surface area contributed by atoms with Crippen molar-refractivity contribution >= 4 is 133 Å². The molecule has 4 aliphatic rings. The van der Waals surface area contributed by atoms with Gasteiger partial charge in [0.1, 0.15) is 11.6 Å². The Balaban J connectivity index is 0.907. The summed E-state index contributed by atoms with van der Waals surface area (Å²) < 4.78 is 0. The first-order valence-corrected chi connectivity index (χ1v) is 31.1. The van der Waals surface area contributed by atoms with Gasteiger partial charge in [-0.3, -0.25) is 43.2 Å². The van der Waals surface area contributed by atoms with E-state index in [9.17, 15) is 47.9 Å². The highest BCUT2D eigenvalue weighted by Gasteiger charge is 2.50. The normalized spacial score (nSPS) is 16.9. The van der Waals surface area contributed by atoms with Crippen molar-refractivity contribution in [2.75, 3.05) is 59.6 Å². The number of alkyl halides is 2. The monoisotopic (exact) mass is 1230 g/mol. The number of carbonyl (C=O) groups is 10. The molecule has 0 unspecified atom stereocenters. The molecule has 1 saturated carbocycles. The fourth-order valence-corrected chi connectivity index (χ4v) is 13.2. The fourth-order valence-electron chi connectivity index (χ4n) is 12.7. The number of fused-ring (bicyclic) bond motifs is 6. The van der Waals surface area contributed by atoms with Crippen LogP contribution in [-0.4, -0.2) is 108 Å². The minimum atomic E-state index is -1.18. The average Bonchev–Trinajstić information content (AvgIpc) is 2.10. The van der Waals surface area contributed by atoms with E-state index in [4.69, 9.17) is 28.9 Å². The number of ketones is 4. The molecule has 0 saturated heterocycles. The van der Waals surface area contributed by atoms with Crippen LogP contribution in [0.25, 0.3) is 33.7 Å². The lowest BCUT2D eigenvalue weighted by atomic mass is 9.61. The Bertz CT molecular complexity index is 3740. The minimum absolute atomic E-state index is 0.0936. The number of nitrogens with one attached hydrogen (secondary N) is 3. The van der Waals surface area contributed by atoms with Gasteiger partial charge in [0.2, 0.25) is 11.8 Å². The van der Waals surface area contributed by atoms with Crippen molar-refractivity contribution in [2.45, 2.75) is 103 Å². The van der Waals surface area contributed by atoms with E-state index in [1.165, 1.54) is 32.1 Å². The first-order valence-electron chi connectivity index (χ1n) is 30.1. The smallest absolute Gasteiger partial charge is 0.312 e. The molecule has 458 valence electrons. The van der Waals surface area contributed by atoms with Gasteiger partial charge in [0.25, 0.3) is 17.7 Å². The lowest BCUT2D eigenvalue weighted by Crippen LogP contribution is -2.47. The summed E-state index contributed by atoms with van der Waals surface area (Å²) in [6.07, 6.45) is 13.8. The quantitative estimate of drug-likeness (QED) is 0.0121. The first-order chi connectivity index (χ1) is 42.3. The standard InChI is InChI=1S/C69H73Cl2N7O10/c1-42-20-25-62(84)76(42)33-11-5-4-6-19-59(81)69(29-13-30-69)60(82)35-47(14-12-31-74-68(72)88)67(87)73-32-28-61(83)75-56-34-45(22-26-63(85)77-40-48(38-70)65-52-17-9-7-15-50(52)54(43(2)79)36-57(65)77)21-23-46(56)24-27-64(86)78-41-49(39-71)66-53-18-10-8-16-51(53)55(44(3)80)37-58(66)78/h7-10,15-18,20-27,34,36-37,47-49H,1,4-6,11-14,19,28-33,35,38-41H2,2-3H3,(H,73,87)(H,75,83)(H3,72,74,88)/b26-22+,27-24+/t47-,48+,49+/m0/s1. The van der Waals surface area contributed by atoms with E-state index in [0.29, 0.717) is 78.0 Å². The van der Waals surface area contributed by atoms with Gasteiger partial charge in [-0.2, -0.15) is 0 Å². The number of unbranched alkanes of at least 4 members (excludes halogenated alkanes) is 3. The molecule has 7 amide bonds. The van der Waals surface area contributed by atoms with Crippen molar-refractivity contribution in [1.82, 2.24) is 15.5 Å². The predicted octanol–water partition coefficient (Wildman–Crippen LogP) is 11.2. The SMILES string of the molecule is C=C1C=CC(=O)N1CCCCCCC(=O)C1(C(=O)C[C@H](CCCNC(N)=O)C(=O)NCCC(=O)Nc2cc(/C=C/C(=O)N3C[C@@H](CCl)c4c3cc(C(C)=O)c3ccccc43)ccc2/C=C/C(=O)N2C[C@@H](CCl)c3c2cc(C(C)=O)c2ccccc32)CCC1. The number of rotatable bonds is 28. The van der Waals surface area contributed by atoms with E-state index in [1.807, 2.05) is 48.5 Å². The van der Waals surface area contributed by atoms with Crippen LogP contribution in [0.4, 0.5) is 21.9 Å². The van der Waals surface area contributed by atoms with Crippen LogP contribution in [0.15, 0.2) is 115 Å². The lowest BCUT2D eigenvalue weighted by Gasteiger charge is -2.39. The first kappa shape index (κ1) is 63.9. The molecule has 19 heteroatoms. The predicted molar refractivity (Wildman–Crippen MR) is 345 cm³/mol. The number of anilines is 3. The second kappa shape index (κ2) is 28.5. The second-order valence-electron chi connectivity index (χ2n) is 23.2. The summed E-state index contributed by atoms with van der Waals surface area (Å²) in [6.45, 7) is 7.97. The number of primary amides is 1. The molecule has 0 bridgehead atoms. The van der Waals surface area contributed by atoms with Gasteiger partial charge in [0.05, 0.1) is 5.41 Å². The topological polar surface area (TPSA) is 243 Å². The summed E-state index contributed by atoms with van der Waals surface area (Å²) in [5.41, 5.74) is 9.89. The molecular weight excluding hydrogens is 1160 g/mol. The van der Waals surface area contributed by atoms with Crippen LogP contribution >= 0.6 is 23.2 Å². The van der Waals surface area contributed by atoms with Gasteiger partial charge in [-0.1, -0.05) is 86.5 Å². The van der Waals surface area contributed by atoms with Crippen LogP contribution in [0, 0.1) is 11.3 Å². The zero-order valence-electron chi connectivity index (χ0n) is 49.6. The molecule has 3 heterocycles. The van der Waals surface area contributed by atoms with Crippen molar-refractivity contribution < 1.29 is 47.9 Å². The van der Waals surface area contributed by atoms with Crippen molar-refractivity contribution in [3.05, 3.63) is 149 Å². The van der Waals surface area contributed by atoms with Gasteiger partial charge in [-0.25, -0.2) is 4.79 Å². The van der Waals surface area contributed by atoms with Crippen LogP contribution < -0.4 is 31.5 Å². The maximum absolute atomic E-state index is 14.3. The molecule has 17 nitrogen and oxygen atoms in total. The van der Waals surface area contributed by atoms with Gasteiger partial charge >= 0.3 is 6.03 Å². The van der Waals surface area contributed by atoms with Crippen LogP contribution in [0.3, 0.4) is 0 Å². The van der Waals surface area contributed by atoms with Gasteiger partial charge in [0, 0.05) is 134 Å². The average molecular weight is 1230 g/mol. The highest BCUT2D eigenvalue weighted by Crippen LogP contribution is 2.47. The van der Waals surface area contributed by atoms with Crippen LogP contribution in [-0.2, 0) is 33.6 Å². The lowest BCUT2D eigenvalue weighted by molar-refractivity contribution is -0.149. The Morgan fingerprint density at radius 1 is 0.682 bits per heavy atom. The fraction of sp³-hybridized carbons (Fsp3) is 0.362. The molecule has 3 atom stereocenters. The Morgan fingerprint density at radius 2 is 1.26 bits per heavy atom. The van der Waals surface area contributed by atoms with Crippen molar-refractivity contribution in [1.29, 1.82) is 0 Å². The molecule has 0 radical (unpaired) electrons. The number of amides is 7. The van der Waals surface area contributed by atoms with E-state index in [-0.39, 0.29) is 116 Å². The van der Waals surface area contributed by atoms with E-state index < -0.39 is 35.1 Å². The third kappa shape index (κ3) is 14.1. The minimum Gasteiger partial charge on any atom is -0.355 e. The Morgan fingerprint density at radius 3 is 1.80 bits per heavy atom.